The summed E-state index contributed by atoms with van der Waals surface area (Å²) in [4.78, 5) is 28.0. The van der Waals surface area contributed by atoms with Crippen molar-refractivity contribution >= 4 is 21.8 Å². The second kappa shape index (κ2) is 12.9. The minimum absolute atomic E-state index is 0.0225. The number of benzene rings is 3. The summed E-state index contributed by atoms with van der Waals surface area (Å²) in [5.41, 5.74) is 3.10. The number of ketones is 1. The van der Waals surface area contributed by atoms with Crippen molar-refractivity contribution in [2.75, 3.05) is 32.5 Å². The molecule has 1 N–H and O–H groups in total. The van der Waals surface area contributed by atoms with Gasteiger partial charge >= 0.3 is 10.1 Å². The van der Waals surface area contributed by atoms with Gasteiger partial charge < -0.3 is 14.2 Å². The maximum absolute atomic E-state index is 13.3. The lowest BCUT2D eigenvalue weighted by molar-refractivity contribution is 0.0661. The number of amides is 1. The third-order valence-electron chi connectivity index (χ3n) is 6.54. The molecule has 1 aliphatic rings. The Hall–Kier alpha value is -3.69. The summed E-state index contributed by atoms with van der Waals surface area (Å²) in [5, 5.41) is 2.98. The van der Waals surface area contributed by atoms with Gasteiger partial charge in [0.25, 0.3) is 5.91 Å². The molecule has 8 nitrogen and oxygen atoms in total. The fourth-order valence-corrected chi connectivity index (χ4v) is 5.13. The summed E-state index contributed by atoms with van der Waals surface area (Å²) < 4.78 is 34.0. The highest BCUT2D eigenvalue weighted by molar-refractivity contribution is 7.86. The molecule has 3 aromatic carbocycles. The average molecular weight is 551 g/mol. The Morgan fingerprint density at radius 2 is 1.69 bits per heavy atom. The highest BCUT2D eigenvalue weighted by atomic mass is 32.2. The smallest absolute Gasteiger partial charge is 0.306 e. The van der Waals surface area contributed by atoms with E-state index in [9.17, 15) is 18.0 Å². The van der Waals surface area contributed by atoms with Crippen molar-refractivity contribution in [3.05, 3.63) is 83.9 Å². The third kappa shape index (κ3) is 7.46. The number of rotatable bonds is 12. The van der Waals surface area contributed by atoms with Crippen LogP contribution in [0.15, 0.2) is 72.8 Å². The second-order valence-corrected chi connectivity index (χ2v) is 11.1. The number of para-hydroxylation sites is 1. The monoisotopic (exact) mass is 550 g/mol. The molecule has 0 aliphatic carbocycles. The van der Waals surface area contributed by atoms with Crippen LogP contribution >= 0.6 is 0 Å². The van der Waals surface area contributed by atoms with Gasteiger partial charge in [0, 0.05) is 12.1 Å². The molecule has 0 aromatic heterocycles. The number of carbonyl (C=O) groups is 2. The van der Waals surface area contributed by atoms with Crippen LogP contribution in [0.1, 0.15) is 46.9 Å². The molecule has 0 radical (unpaired) electrons. The molecule has 3 aromatic rings. The fraction of sp³-hybridized carbons (Fsp3) is 0.333. The van der Waals surface area contributed by atoms with Gasteiger partial charge in [-0.25, -0.2) is 0 Å². The van der Waals surface area contributed by atoms with Crippen LogP contribution in [0.2, 0.25) is 0 Å². The summed E-state index contributed by atoms with van der Waals surface area (Å²) in [6.07, 6.45) is 3.37. The zero-order valence-electron chi connectivity index (χ0n) is 22.3. The fourth-order valence-electron chi connectivity index (χ4n) is 4.68. The molecule has 0 saturated carbocycles. The standard InChI is InChI=1S/C30H34N2O6S/c1-3-19-32(26-21-37-29-25(28(26)33)12-9-13-27(29)38-39(2,35)36)20-8-7-18-31-30(34)24-16-14-23(15-17-24)22-10-5-4-6-11-22/h4-6,9-17,26H,3,7-8,18-21H2,1-2H3,(H,31,34)/t26-/m1/s1. The van der Waals surface area contributed by atoms with Gasteiger partial charge in [0.1, 0.15) is 12.6 Å². The molecule has 206 valence electrons. The van der Waals surface area contributed by atoms with Crippen molar-refractivity contribution < 1.29 is 26.9 Å². The Morgan fingerprint density at radius 1 is 0.974 bits per heavy atom. The maximum atomic E-state index is 13.3. The predicted molar refractivity (Wildman–Crippen MR) is 151 cm³/mol. The van der Waals surface area contributed by atoms with Crippen molar-refractivity contribution in [2.24, 2.45) is 0 Å². The van der Waals surface area contributed by atoms with Gasteiger partial charge in [-0.3, -0.25) is 14.5 Å². The number of carbonyl (C=O) groups excluding carboxylic acids is 2. The van der Waals surface area contributed by atoms with Crippen LogP contribution in [0.3, 0.4) is 0 Å². The molecule has 1 aliphatic heterocycles. The van der Waals surface area contributed by atoms with Gasteiger partial charge in [-0.2, -0.15) is 8.42 Å². The van der Waals surface area contributed by atoms with E-state index >= 15 is 0 Å². The van der Waals surface area contributed by atoms with E-state index in [2.05, 4.69) is 17.1 Å². The van der Waals surface area contributed by atoms with Crippen LogP contribution in [0.4, 0.5) is 0 Å². The molecule has 9 heteroatoms. The van der Waals surface area contributed by atoms with Crippen LogP contribution in [-0.2, 0) is 10.1 Å². The van der Waals surface area contributed by atoms with Crippen LogP contribution in [0.25, 0.3) is 11.1 Å². The number of nitrogens with one attached hydrogen (secondary N) is 1. The molecule has 0 spiro atoms. The SMILES string of the molecule is CCCN(CCCCNC(=O)c1ccc(-c2ccccc2)cc1)[C@@H]1COc2c(OS(C)(=O)=O)cccc2C1=O. The minimum atomic E-state index is -3.75. The molecule has 39 heavy (non-hydrogen) atoms. The van der Waals surface area contributed by atoms with Crippen LogP contribution < -0.4 is 14.2 Å². The van der Waals surface area contributed by atoms with E-state index in [1.165, 1.54) is 6.07 Å². The Kier molecular flexibility index (Phi) is 9.37. The van der Waals surface area contributed by atoms with Crippen LogP contribution in [-0.4, -0.2) is 63.5 Å². The van der Waals surface area contributed by atoms with Gasteiger partial charge in [-0.15, -0.1) is 0 Å². The van der Waals surface area contributed by atoms with Crippen molar-refractivity contribution in [1.82, 2.24) is 10.2 Å². The van der Waals surface area contributed by atoms with E-state index < -0.39 is 16.2 Å². The maximum Gasteiger partial charge on any atom is 0.306 e. The number of fused-ring (bicyclic) bond motifs is 1. The third-order valence-corrected chi connectivity index (χ3v) is 7.02. The number of ether oxygens (including phenoxy) is 1. The van der Waals surface area contributed by atoms with Crippen LogP contribution in [0.5, 0.6) is 11.5 Å². The molecule has 1 amide bonds. The lowest BCUT2D eigenvalue weighted by atomic mass is 9.98. The molecule has 1 atom stereocenters. The van der Waals surface area contributed by atoms with E-state index in [1.807, 2.05) is 54.6 Å². The Balaban J connectivity index is 1.28. The first-order valence-electron chi connectivity index (χ1n) is 13.1. The molecule has 0 bridgehead atoms. The normalized spacial score (nSPS) is 14.9. The lowest BCUT2D eigenvalue weighted by Crippen LogP contribution is -2.48. The van der Waals surface area contributed by atoms with Gasteiger partial charge in [0.05, 0.1) is 11.8 Å². The number of hydrogen-bond donors (Lipinski definition) is 1. The van der Waals surface area contributed by atoms with Crippen molar-refractivity contribution in [2.45, 2.75) is 32.2 Å². The summed E-state index contributed by atoms with van der Waals surface area (Å²) in [6, 6.07) is 21.8. The molecular formula is C30H34N2O6S. The first kappa shape index (κ1) is 28.3. The molecule has 0 fully saturated rings. The molecule has 4 rings (SSSR count). The zero-order valence-corrected chi connectivity index (χ0v) is 23.1. The van der Waals surface area contributed by atoms with Gasteiger partial charge in [0.15, 0.2) is 17.3 Å². The Morgan fingerprint density at radius 3 is 2.38 bits per heavy atom. The molecule has 0 unspecified atom stereocenters. The first-order chi connectivity index (χ1) is 18.8. The summed E-state index contributed by atoms with van der Waals surface area (Å²) in [5.74, 6) is -0.0371. The molecule has 1 heterocycles. The predicted octanol–water partition coefficient (Wildman–Crippen LogP) is 4.56. The highest BCUT2D eigenvalue weighted by Crippen LogP contribution is 2.36. The van der Waals surface area contributed by atoms with E-state index in [1.54, 1.807) is 12.1 Å². The summed E-state index contributed by atoms with van der Waals surface area (Å²) in [7, 11) is -3.75. The second-order valence-electron chi connectivity index (χ2n) is 9.55. The zero-order chi connectivity index (χ0) is 27.8. The van der Waals surface area contributed by atoms with Gasteiger partial charge in [-0.1, -0.05) is 55.5 Å². The highest BCUT2D eigenvalue weighted by Gasteiger charge is 2.35. The number of hydrogen-bond acceptors (Lipinski definition) is 7. The van der Waals surface area contributed by atoms with Crippen LogP contribution in [0, 0.1) is 0 Å². The van der Waals surface area contributed by atoms with E-state index in [0.717, 1.165) is 43.2 Å². The topological polar surface area (TPSA) is 102 Å². The van der Waals surface area contributed by atoms with Crippen molar-refractivity contribution in [3.63, 3.8) is 0 Å². The van der Waals surface area contributed by atoms with E-state index in [-0.39, 0.29) is 29.8 Å². The average Bonchev–Trinajstić information content (AvgIpc) is 2.93. The van der Waals surface area contributed by atoms with Gasteiger partial charge in [0.2, 0.25) is 0 Å². The quantitative estimate of drug-likeness (QED) is 0.261. The summed E-state index contributed by atoms with van der Waals surface area (Å²) in [6.45, 7) is 4.09. The first-order valence-corrected chi connectivity index (χ1v) is 15.0. The lowest BCUT2D eigenvalue weighted by Gasteiger charge is -2.34. The van der Waals surface area contributed by atoms with Crippen molar-refractivity contribution in [3.8, 4) is 22.6 Å². The van der Waals surface area contributed by atoms with E-state index in [4.69, 9.17) is 8.92 Å². The Labute approximate surface area is 230 Å². The molecule has 0 saturated heterocycles. The molecular weight excluding hydrogens is 516 g/mol. The number of unbranched alkanes of at least 4 members (excludes halogenated alkanes) is 1. The largest absolute Gasteiger partial charge is 0.487 e. The summed E-state index contributed by atoms with van der Waals surface area (Å²) >= 11 is 0. The Bertz CT molecular complexity index is 1390. The van der Waals surface area contributed by atoms with E-state index in [0.29, 0.717) is 24.2 Å². The number of Topliss-reactive ketones (excluding diaryl/α,β-unsaturated/α-hetero) is 1. The minimum Gasteiger partial charge on any atom is -0.487 e. The van der Waals surface area contributed by atoms with Gasteiger partial charge in [-0.05, 0) is 67.7 Å². The number of nitrogens with zero attached hydrogens (tertiary/aromatic N) is 1. The van der Waals surface area contributed by atoms with Crippen molar-refractivity contribution in [1.29, 1.82) is 0 Å².